The number of esters is 1. The predicted octanol–water partition coefficient (Wildman–Crippen LogP) is 2.78. The molecule has 0 aliphatic rings. The molecule has 1 rings (SSSR count). The first-order valence-electron chi connectivity index (χ1n) is 7.72. The van der Waals surface area contributed by atoms with Crippen molar-refractivity contribution in [2.75, 3.05) is 6.54 Å². The number of alkyl carbamates (subject to hydrolysis) is 1. The molecule has 0 aliphatic carbocycles. The molecule has 0 aliphatic heterocycles. The Balaban J connectivity index is 0.00000529. The topological polar surface area (TPSA) is 90.6 Å². The largest absolute Gasteiger partial charge is 0.459 e. The van der Waals surface area contributed by atoms with Gasteiger partial charge in [0.1, 0.15) is 18.2 Å². The quantitative estimate of drug-likeness (QED) is 0.731. The van der Waals surface area contributed by atoms with Gasteiger partial charge in [-0.05, 0) is 45.7 Å². The number of carbonyl (C=O) groups is 2. The van der Waals surface area contributed by atoms with E-state index in [-0.39, 0.29) is 19.0 Å². The molecule has 1 unspecified atom stereocenters. The first-order valence-corrected chi connectivity index (χ1v) is 7.72. The van der Waals surface area contributed by atoms with Crippen molar-refractivity contribution in [2.24, 2.45) is 5.73 Å². The summed E-state index contributed by atoms with van der Waals surface area (Å²) in [4.78, 5) is 24.0. The number of ether oxygens (including phenoxy) is 2. The number of hydrogen-bond donors (Lipinski definition) is 2. The van der Waals surface area contributed by atoms with E-state index in [9.17, 15) is 9.59 Å². The number of halogens is 1. The van der Waals surface area contributed by atoms with Gasteiger partial charge in [0, 0.05) is 0 Å². The highest BCUT2D eigenvalue weighted by molar-refractivity contribution is 5.85. The molecule has 0 radical (unpaired) electrons. The van der Waals surface area contributed by atoms with Gasteiger partial charge in [0.15, 0.2) is 0 Å². The second kappa shape index (κ2) is 10.9. The van der Waals surface area contributed by atoms with Gasteiger partial charge in [0.05, 0.1) is 0 Å². The van der Waals surface area contributed by atoms with E-state index in [1.165, 1.54) is 0 Å². The maximum absolute atomic E-state index is 12.2. The van der Waals surface area contributed by atoms with Crippen LogP contribution in [0.5, 0.6) is 0 Å². The van der Waals surface area contributed by atoms with Crippen LogP contribution in [-0.2, 0) is 20.9 Å². The predicted molar refractivity (Wildman–Crippen MR) is 94.9 cm³/mol. The van der Waals surface area contributed by atoms with Crippen LogP contribution in [0.2, 0.25) is 0 Å². The standard InChI is InChI=1S/C17H26N2O4.ClH/c1-17(2,3)23-16(21)19-14(10-7-11-18)15(20)22-12-13-8-5-4-6-9-13;/h4-6,8-9,14H,7,10-12,18H2,1-3H3,(H,19,21);1H. The number of hydrogen-bond acceptors (Lipinski definition) is 5. The molecule has 0 saturated heterocycles. The number of carbonyl (C=O) groups excluding carboxylic acids is 2. The molecule has 0 aromatic heterocycles. The highest BCUT2D eigenvalue weighted by Gasteiger charge is 2.25. The molecule has 1 aromatic rings. The van der Waals surface area contributed by atoms with E-state index in [0.717, 1.165) is 5.56 Å². The van der Waals surface area contributed by atoms with E-state index >= 15 is 0 Å². The van der Waals surface area contributed by atoms with Gasteiger partial charge in [-0.15, -0.1) is 12.4 Å². The van der Waals surface area contributed by atoms with E-state index in [1.807, 2.05) is 30.3 Å². The lowest BCUT2D eigenvalue weighted by molar-refractivity contribution is -0.147. The third-order valence-electron chi connectivity index (χ3n) is 2.90. The Morgan fingerprint density at radius 3 is 2.38 bits per heavy atom. The lowest BCUT2D eigenvalue weighted by atomic mass is 10.1. The molecular weight excluding hydrogens is 332 g/mol. The lowest BCUT2D eigenvalue weighted by Crippen LogP contribution is -2.44. The summed E-state index contributed by atoms with van der Waals surface area (Å²) >= 11 is 0. The Labute approximate surface area is 149 Å². The van der Waals surface area contributed by atoms with E-state index < -0.39 is 23.7 Å². The average Bonchev–Trinajstić information content (AvgIpc) is 2.48. The van der Waals surface area contributed by atoms with Crippen molar-refractivity contribution >= 4 is 24.5 Å². The van der Waals surface area contributed by atoms with Crippen molar-refractivity contribution in [1.82, 2.24) is 5.32 Å². The summed E-state index contributed by atoms with van der Waals surface area (Å²) in [6, 6.07) is 8.59. The van der Waals surface area contributed by atoms with Gasteiger partial charge in [-0.25, -0.2) is 9.59 Å². The molecule has 24 heavy (non-hydrogen) atoms. The van der Waals surface area contributed by atoms with Crippen LogP contribution in [0.1, 0.15) is 39.2 Å². The molecule has 3 N–H and O–H groups in total. The van der Waals surface area contributed by atoms with Crippen LogP contribution in [-0.4, -0.2) is 30.3 Å². The zero-order chi connectivity index (χ0) is 17.3. The molecule has 0 heterocycles. The Bertz CT molecular complexity index is 503. The Morgan fingerprint density at radius 2 is 1.83 bits per heavy atom. The van der Waals surface area contributed by atoms with Crippen LogP contribution < -0.4 is 11.1 Å². The minimum absolute atomic E-state index is 0. The van der Waals surface area contributed by atoms with Gasteiger partial charge in [-0.2, -0.15) is 0 Å². The van der Waals surface area contributed by atoms with Gasteiger partial charge in [0.25, 0.3) is 0 Å². The maximum atomic E-state index is 12.2. The first-order chi connectivity index (χ1) is 10.8. The van der Waals surface area contributed by atoms with Crippen LogP contribution in [0, 0.1) is 0 Å². The second-order valence-corrected chi connectivity index (χ2v) is 6.22. The van der Waals surface area contributed by atoms with E-state index in [1.54, 1.807) is 20.8 Å². The SMILES string of the molecule is CC(C)(C)OC(=O)NC(CCCN)C(=O)OCc1ccccc1.Cl. The van der Waals surface area contributed by atoms with Crippen LogP contribution in [0.15, 0.2) is 30.3 Å². The molecule has 0 fully saturated rings. The fourth-order valence-electron chi connectivity index (χ4n) is 1.85. The number of nitrogens with one attached hydrogen (secondary N) is 1. The summed E-state index contributed by atoms with van der Waals surface area (Å²) in [5.41, 5.74) is 5.73. The molecule has 6 nitrogen and oxygen atoms in total. The number of amides is 1. The van der Waals surface area contributed by atoms with Crippen molar-refractivity contribution in [3.8, 4) is 0 Å². The van der Waals surface area contributed by atoms with Crippen molar-refractivity contribution in [2.45, 2.75) is 51.9 Å². The van der Waals surface area contributed by atoms with Crippen LogP contribution in [0.3, 0.4) is 0 Å². The summed E-state index contributed by atoms with van der Waals surface area (Å²) in [5, 5.41) is 2.55. The van der Waals surface area contributed by atoms with Gasteiger partial charge in [0.2, 0.25) is 0 Å². The Hall–Kier alpha value is -1.79. The summed E-state index contributed by atoms with van der Waals surface area (Å²) in [5.74, 6) is -0.492. The molecule has 0 spiro atoms. The molecule has 1 amide bonds. The summed E-state index contributed by atoms with van der Waals surface area (Å²) in [6.45, 7) is 5.87. The zero-order valence-corrected chi connectivity index (χ0v) is 15.2. The Kier molecular flexibility index (Phi) is 10.1. The van der Waals surface area contributed by atoms with Crippen molar-refractivity contribution in [3.63, 3.8) is 0 Å². The summed E-state index contributed by atoms with van der Waals surface area (Å²) in [6.07, 6.45) is 0.362. The third-order valence-corrected chi connectivity index (χ3v) is 2.90. The minimum Gasteiger partial charge on any atom is -0.459 e. The first kappa shape index (κ1) is 22.2. The summed E-state index contributed by atoms with van der Waals surface area (Å²) in [7, 11) is 0. The second-order valence-electron chi connectivity index (χ2n) is 6.22. The normalized spacial score (nSPS) is 11.8. The smallest absolute Gasteiger partial charge is 0.408 e. The molecule has 0 bridgehead atoms. The van der Waals surface area contributed by atoms with Gasteiger partial charge >= 0.3 is 12.1 Å². The average molecular weight is 359 g/mol. The third kappa shape index (κ3) is 9.37. The highest BCUT2D eigenvalue weighted by atomic mass is 35.5. The molecule has 0 saturated carbocycles. The van der Waals surface area contributed by atoms with Crippen LogP contribution in [0.25, 0.3) is 0 Å². The van der Waals surface area contributed by atoms with Crippen molar-refractivity contribution in [3.05, 3.63) is 35.9 Å². The maximum Gasteiger partial charge on any atom is 0.408 e. The van der Waals surface area contributed by atoms with Gasteiger partial charge in [-0.3, -0.25) is 0 Å². The van der Waals surface area contributed by atoms with Crippen molar-refractivity contribution < 1.29 is 19.1 Å². The fourth-order valence-corrected chi connectivity index (χ4v) is 1.85. The zero-order valence-electron chi connectivity index (χ0n) is 14.4. The Morgan fingerprint density at radius 1 is 1.21 bits per heavy atom. The molecule has 1 aromatic carbocycles. The number of benzene rings is 1. The molecule has 136 valence electrons. The monoisotopic (exact) mass is 358 g/mol. The van der Waals surface area contributed by atoms with Crippen LogP contribution in [0.4, 0.5) is 4.79 Å². The van der Waals surface area contributed by atoms with E-state index in [4.69, 9.17) is 15.2 Å². The fraction of sp³-hybridized carbons (Fsp3) is 0.529. The van der Waals surface area contributed by atoms with Gasteiger partial charge < -0.3 is 20.5 Å². The molecule has 1 atom stereocenters. The molecule has 7 heteroatoms. The highest BCUT2D eigenvalue weighted by Crippen LogP contribution is 2.09. The lowest BCUT2D eigenvalue weighted by Gasteiger charge is -2.23. The van der Waals surface area contributed by atoms with Crippen molar-refractivity contribution in [1.29, 1.82) is 0 Å². The van der Waals surface area contributed by atoms with E-state index in [0.29, 0.717) is 19.4 Å². The van der Waals surface area contributed by atoms with Gasteiger partial charge in [-0.1, -0.05) is 30.3 Å². The van der Waals surface area contributed by atoms with E-state index in [2.05, 4.69) is 5.32 Å². The molecular formula is C17H27ClN2O4. The number of nitrogens with two attached hydrogens (primary N) is 1. The van der Waals surface area contributed by atoms with Crippen LogP contribution >= 0.6 is 12.4 Å². The summed E-state index contributed by atoms with van der Waals surface area (Å²) < 4.78 is 10.4. The minimum atomic E-state index is -0.767. The number of rotatable bonds is 7.